The third-order valence-corrected chi connectivity index (χ3v) is 5.63. The predicted octanol–water partition coefficient (Wildman–Crippen LogP) is 6.25. The molecule has 0 bridgehead atoms. The molecular formula is C25H25ClN2O. The van der Waals surface area contributed by atoms with E-state index in [1.165, 1.54) is 11.1 Å². The third-order valence-electron chi connectivity index (χ3n) is 5.34. The molecule has 0 aliphatic heterocycles. The summed E-state index contributed by atoms with van der Waals surface area (Å²) in [5.74, 6) is 1.38. The highest BCUT2D eigenvalue weighted by Gasteiger charge is 2.20. The third kappa shape index (κ3) is 4.64. The summed E-state index contributed by atoms with van der Waals surface area (Å²) in [5.41, 5.74) is 6.15. The van der Waals surface area contributed by atoms with Gasteiger partial charge < -0.3 is 15.4 Å². The maximum Gasteiger partial charge on any atom is 0.146 e. The summed E-state index contributed by atoms with van der Waals surface area (Å²) in [5, 5.41) is 7.38. The van der Waals surface area contributed by atoms with Crippen LogP contribution in [0.3, 0.4) is 0 Å². The van der Waals surface area contributed by atoms with E-state index in [2.05, 4.69) is 47.5 Å². The Balaban J connectivity index is 1.38. The SMILES string of the molecule is C=CNc1cc(Oc2ccc(CNC3Cc4ccccc4C3)cc2Cl)ccc1C. The highest BCUT2D eigenvalue weighted by atomic mass is 35.5. The van der Waals surface area contributed by atoms with Crippen LogP contribution in [0.4, 0.5) is 5.69 Å². The smallest absolute Gasteiger partial charge is 0.146 e. The van der Waals surface area contributed by atoms with E-state index in [9.17, 15) is 0 Å². The quantitative estimate of drug-likeness (QED) is 0.488. The van der Waals surface area contributed by atoms with E-state index in [1.807, 2.05) is 37.3 Å². The van der Waals surface area contributed by atoms with Crippen LogP contribution in [-0.2, 0) is 19.4 Å². The highest BCUT2D eigenvalue weighted by molar-refractivity contribution is 6.32. The van der Waals surface area contributed by atoms with Crippen molar-refractivity contribution >= 4 is 17.3 Å². The molecule has 3 aromatic rings. The number of fused-ring (bicyclic) bond motifs is 1. The van der Waals surface area contributed by atoms with Crippen molar-refractivity contribution in [2.45, 2.75) is 32.4 Å². The Kier molecular flexibility index (Phi) is 5.89. The zero-order valence-electron chi connectivity index (χ0n) is 16.5. The van der Waals surface area contributed by atoms with Gasteiger partial charge in [-0.25, -0.2) is 0 Å². The average Bonchev–Trinajstić information content (AvgIpc) is 3.14. The molecule has 2 N–H and O–H groups in total. The predicted molar refractivity (Wildman–Crippen MR) is 121 cm³/mol. The van der Waals surface area contributed by atoms with Gasteiger partial charge in [-0.05, 0) is 66.4 Å². The Morgan fingerprint density at radius 3 is 2.52 bits per heavy atom. The average molecular weight is 405 g/mol. The van der Waals surface area contributed by atoms with Crippen LogP contribution in [0.5, 0.6) is 11.5 Å². The molecule has 0 spiro atoms. The molecule has 0 unspecified atom stereocenters. The van der Waals surface area contributed by atoms with Gasteiger partial charge in [0, 0.05) is 24.3 Å². The second-order valence-corrected chi connectivity index (χ2v) is 7.85. The zero-order valence-corrected chi connectivity index (χ0v) is 17.3. The molecule has 0 aromatic heterocycles. The van der Waals surface area contributed by atoms with Gasteiger partial charge in [-0.3, -0.25) is 0 Å². The van der Waals surface area contributed by atoms with E-state index >= 15 is 0 Å². The Labute approximate surface area is 177 Å². The first-order chi connectivity index (χ1) is 14.1. The second-order valence-electron chi connectivity index (χ2n) is 7.45. The van der Waals surface area contributed by atoms with Gasteiger partial charge in [-0.2, -0.15) is 0 Å². The molecule has 4 heteroatoms. The maximum atomic E-state index is 6.50. The molecule has 1 aliphatic rings. The zero-order chi connectivity index (χ0) is 20.2. The van der Waals surface area contributed by atoms with Gasteiger partial charge in [0.1, 0.15) is 11.5 Å². The Bertz CT molecular complexity index is 1010. The van der Waals surface area contributed by atoms with Gasteiger partial charge in [0.05, 0.1) is 5.02 Å². The normalized spacial score (nSPS) is 13.2. The lowest BCUT2D eigenvalue weighted by Crippen LogP contribution is -2.28. The summed E-state index contributed by atoms with van der Waals surface area (Å²) in [6, 6.07) is 21.0. The Hall–Kier alpha value is -2.75. The van der Waals surface area contributed by atoms with Crippen molar-refractivity contribution in [3.63, 3.8) is 0 Å². The number of nitrogens with one attached hydrogen (secondary N) is 2. The Morgan fingerprint density at radius 1 is 1.07 bits per heavy atom. The van der Waals surface area contributed by atoms with E-state index < -0.39 is 0 Å². The van der Waals surface area contributed by atoms with Crippen LogP contribution in [0, 0.1) is 6.92 Å². The summed E-state index contributed by atoms with van der Waals surface area (Å²) in [6.07, 6.45) is 3.82. The second kappa shape index (κ2) is 8.73. The van der Waals surface area contributed by atoms with E-state index in [0.29, 0.717) is 16.8 Å². The number of hydrogen-bond acceptors (Lipinski definition) is 3. The molecule has 0 atom stereocenters. The molecule has 0 fully saturated rings. The molecule has 29 heavy (non-hydrogen) atoms. The van der Waals surface area contributed by atoms with Crippen molar-refractivity contribution in [2.24, 2.45) is 0 Å². The number of rotatable bonds is 7. The van der Waals surface area contributed by atoms with E-state index in [-0.39, 0.29) is 0 Å². The van der Waals surface area contributed by atoms with Gasteiger partial charge in [-0.15, -0.1) is 0 Å². The number of halogens is 1. The minimum atomic E-state index is 0.477. The molecule has 0 saturated heterocycles. The van der Waals surface area contributed by atoms with Crippen molar-refractivity contribution in [3.8, 4) is 11.5 Å². The van der Waals surface area contributed by atoms with Gasteiger partial charge in [-0.1, -0.05) is 54.6 Å². The van der Waals surface area contributed by atoms with Crippen LogP contribution in [-0.4, -0.2) is 6.04 Å². The highest BCUT2D eigenvalue weighted by Crippen LogP contribution is 2.32. The summed E-state index contributed by atoms with van der Waals surface area (Å²) in [4.78, 5) is 0. The Morgan fingerprint density at radius 2 is 1.83 bits per heavy atom. The summed E-state index contributed by atoms with van der Waals surface area (Å²) in [7, 11) is 0. The van der Waals surface area contributed by atoms with E-state index in [0.717, 1.165) is 42.0 Å². The summed E-state index contributed by atoms with van der Waals surface area (Å²) >= 11 is 6.50. The van der Waals surface area contributed by atoms with Crippen molar-refractivity contribution in [1.29, 1.82) is 0 Å². The molecule has 0 saturated carbocycles. The number of hydrogen-bond donors (Lipinski definition) is 2. The topological polar surface area (TPSA) is 33.3 Å². The maximum absolute atomic E-state index is 6.50. The summed E-state index contributed by atoms with van der Waals surface area (Å²) < 4.78 is 6.00. The van der Waals surface area contributed by atoms with Gasteiger partial charge >= 0.3 is 0 Å². The fourth-order valence-corrected chi connectivity index (χ4v) is 4.00. The number of aryl methyl sites for hydroxylation is 1. The lowest BCUT2D eigenvalue weighted by Gasteiger charge is -2.14. The number of anilines is 1. The van der Waals surface area contributed by atoms with Gasteiger partial charge in [0.25, 0.3) is 0 Å². The van der Waals surface area contributed by atoms with Crippen molar-refractivity contribution in [3.05, 3.63) is 101 Å². The van der Waals surface area contributed by atoms with E-state index in [4.69, 9.17) is 16.3 Å². The first-order valence-corrected chi connectivity index (χ1v) is 10.2. The van der Waals surface area contributed by atoms with Crippen molar-refractivity contribution in [2.75, 3.05) is 5.32 Å². The molecule has 0 heterocycles. The molecule has 1 aliphatic carbocycles. The van der Waals surface area contributed by atoms with E-state index in [1.54, 1.807) is 6.20 Å². The van der Waals surface area contributed by atoms with Gasteiger partial charge in [0.15, 0.2) is 0 Å². The molecule has 3 nitrogen and oxygen atoms in total. The minimum Gasteiger partial charge on any atom is -0.456 e. The summed E-state index contributed by atoms with van der Waals surface area (Å²) in [6.45, 7) is 6.54. The van der Waals surface area contributed by atoms with Crippen LogP contribution in [0.15, 0.2) is 73.4 Å². The molecule has 148 valence electrons. The monoisotopic (exact) mass is 404 g/mol. The lowest BCUT2D eigenvalue weighted by molar-refractivity contribution is 0.482. The number of ether oxygens (including phenoxy) is 1. The van der Waals surface area contributed by atoms with Crippen LogP contribution in [0.1, 0.15) is 22.3 Å². The number of benzene rings is 3. The van der Waals surface area contributed by atoms with Crippen LogP contribution < -0.4 is 15.4 Å². The standard InChI is InChI=1S/C25H25ClN2O/c1-3-27-24-15-22(10-8-17(24)2)29-25-11-9-18(12-23(25)26)16-28-21-13-19-6-4-5-7-20(19)14-21/h3-12,15,21,27-28H,1,13-14,16H2,2H3. The van der Waals surface area contributed by atoms with Crippen LogP contribution in [0.25, 0.3) is 0 Å². The minimum absolute atomic E-state index is 0.477. The molecule has 3 aromatic carbocycles. The molecule has 4 rings (SSSR count). The molecule has 0 radical (unpaired) electrons. The van der Waals surface area contributed by atoms with Crippen LogP contribution in [0.2, 0.25) is 5.02 Å². The largest absolute Gasteiger partial charge is 0.456 e. The van der Waals surface area contributed by atoms with Gasteiger partial charge in [0.2, 0.25) is 0 Å². The first kappa shape index (κ1) is 19.6. The molecular weight excluding hydrogens is 380 g/mol. The van der Waals surface area contributed by atoms with Crippen LogP contribution >= 0.6 is 11.6 Å². The fraction of sp³-hybridized carbons (Fsp3) is 0.200. The fourth-order valence-electron chi connectivity index (χ4n) is 3.76. The first-order valence-electron chi connectivity index (χ1n) is 9.87. The van der Waals surface area contributed by atoms with Crippen molar-refractivity contribution in [1.82, 2.24) is 5.32 Å². The lowest BCUT2D eigenvalue weighted by atomic mass is 10.1. The molecule has 0 amide bonds. The van der Waals surface area contributed by atoms with Crippen molar-refractivity contribution < 1.29 is 4.74 Å².